The van der Waals surface area contributed by atoms with E-state index < -0.39 is 0 Å². The van der Waals surface area contributed by atoms with Gasteiger partial charge in [-0.1, -0.05) is 47.1 Å². The second kappa shape index (κ2) is 7.43. The van der Waals surface area contributed by atoms with Gasteiger partial charge in [0.2, 0.25) is 0 Å². The van der Waals surface area contributed by atoms with Crippen molar-refractivity contribution < 1.29 is 19.3 Å². The molecule has 0 amide bonds. The number of rotatable bonds is 7. The van der Waals surface area contributed by atoms with E-state index >= 15 is 0 Å². The number of aromatic hydroxyl groups is 1. The van der Waals surface area contributed by atoms with Crippen LogP contribution in [0, 0.1) is 0 Å². The summed E-state index contributed by atoms with van der Waals surface area (Å²) in [7, 11) is 0. The van der Waals surface area contributed by atoms with Crippen LogP contribution in [0.3, 0.4) is 0 Å². The Kier molecular flexibility index (Phi) is 5.02. The first kappa shape index (κ1) is 17.6. The zero-order valence-corrected chi connectivity index (χ0v) is 16.2. The molecule has 0 spiro atoms. The van der Waals surface area contributed by atoms with Gasteiger partial charge in [0.25, 0.3) is 0 Å². The third-order valence-corrected chi connectivity index (χ3v) is 5.19. The minimum atomic E-state index is 0.0114. The smallest absolute Gasteiger partial charge is 0.135 e. The zero-order chi connectivity index (χ0) is 18.1. The van der Waals surface area contributed by atoms with Crippen molar-refractivity contribution in [2.75, 3.05) is 19.8 Å². The van der Waals surface area contributed by atoms with E-state index in [9.17, 15) is 5.11 Å². The molecule has 1 aliphatic heterocycles. The fourth-order valence-electron chi connectivity index (χ4n) is 3.11. The molecule has 26 heavy (non-hydrogen) atoms. The number of phenolic OH excluding ortho intramolecular Hbond substituents is 1. The molecule has 2 unspecified atom stereocenters. The summed E-state index contributed by atoms with van der Waals surface area (Å²) in [6, 6.07) is 13.6. The molecule has 0 saturated carbocycles. The first-order valence-corrected chi connectivity index (χ1v) is 9.65. The molecular formula is C21H21BrO4. The normalized spacial score (nSPS) is 17.5. The van der Waals surface area contributed by atoms with Crippen molar-refractivity contribution in [3.63, 3.8) is 0 Å². The van der Waals surface area contributed by atoms with Crippen LogP contribution in [0.25, 0.3) is 21.5 Å². The molecule has 1 aliphatic rings. The highest BCUT2D eigenvalue weighted by Gasteiger charge is 2.24. The quantitative estimate of drug-likeness (QED) is 0.433. The van der Waals surface area contributed by atoms with Crippen LogP contribution in [0.1, 0.15) is 13.3 Å². The number of epoxide rings is 1. The lowest BCUT2D eigenvalue weighted by Gasteiger charge is -2.19. The highest BCUT2D eigenvalue weighted by Crippen LogP contribution is 2.42. The molecule has 3 aromatic carbocycles. The standard InChI is InChI=1S/C21H21BrO4/c1-2-14(24-11-15-12-25-15)10-26-21-17-6-4-3-5-16(17)20(23)19-9-13(22)7-8-18(19)21/h3-9,14-15,23H,2,10-12H2,1H3. The van der Waals surface area contributed by atoms with Gasteiger partial charge in [-0.15, -0.1) is 0 Å². The predicted octanol–water partition coefficient (Wildman–Crippen LogP) is 5.03. The van der Waals surface area contributed by atoms with E-state index in [1.807, 2.05) is 42.5 Å². The van der Waals surface area contributed by atoms with Crippen LogP contribution in [-0.2, 0) is 9.47 Å². The predicted molar refractivity (Wildman–Crippen MR) is 106 cm³/mol. The Bertz CT molecular complexity index is 936. The Labute approximate surface area is 160 Å². The zero-order valence-electron chi connectivity index (χ0n) is 14.6. The summed E-state index contributed by atoms with van der Waals surface area (Å²) in [5.41, 5.74) is 0. The van der Waals surface area contributed by atoms with Gasteiger partial charge in [0.05, 0.1) is 19.3 Å². The van der Waals surface area contributed by atoms with Crippen molar-refractivity contribution in [1.82, 2.24) is 0 Å². The number of fused-ring (bicyclic) bond motifs is 2. The van der Waals surface area contributed by atoms with Crippen molar-refractivity contribution in [3.8, 4) is 11.5 Å². The van der Waals surface area contributed by atoms with Gasteiger partial charge in [0.15, 0.2) is 0 Å². The topological polar surface area (TPSA) is 51.2 Å². The summed E-state index contributed by atoms with van der Waals surface area (Å²) in [6.45, 7) is 3.96. The highest BCUT2D eigenvalue weighted by molar-refractivity contribution is 9.10. The number of hydrogen-bond donors (Lipinski definition) is 1. The number of ether oxygens (including phenoxy) is 3. The fraction of sp³-hybridized carbons (Fsp3) is 0.333. The van der Waals surface area contributed by atoms with Crippen molar-refractivity contribution in [2.24, 2.45) is 0 Å². The molecule has 136 valence electrons. The van der Waals surface area contributed by atoms with E-state index in [0.717, 1.165) is 44.8 Å². The average Bonchev–Trinajstić information content (AvgIpc) is 3.49. The summed E-state index contributed by atoms with van der Waals surface area (Å²) < 4.78 is 18.3. The molecule has 0 aliphatic carbocycles. The van der Waals surface area contributed by atoms with E-state index in [-0.39, 0.29) is 18.0 Å². The second-order valence-corrected chi connectivity index (χ2v) is 7.46. The van der Waals surface area contributed by atoms with Crippen LogP contribution in [-0.4, -0.2) is 37.1 Å². The van der Waals surface area contributed by atoms with E-state index in [1.54, 1.807) is 0 Å². The van der Waals surface area contributed by atoms with E-state index in [0.29, 0.717) is 13.2 Å². The molecule has 3 aromatic rings. The molecule has 1 saturated heterocycles. The molecule has 1 fully saturated rings. The molecule has 5 heteroatoms. The summed E-state index contributed by atoms with van der Waals surface area (Å²) in [6.07, 6.45) is 1.13. The summed E-state index contributed by atoms with van der Waals surface area (Å²) >= 11 is 3.48. The molecular weight excluding hydrogens is 396 g/mol. The second-order valence-electron chi connectivity index (χ2n) is 6.54. The third kappa shape index (κ3) is 3.52. The fourth-order valence-corrected chi connectivity index (χ4v) is 3.47. The maximum Gasteiger partial charge on any atom is 0.135 e. The van der Waals surface area contributed by atoms with E-state index in [4.69, 9.17) is 14.2 Å². The largest absolute Gasteiger partial charge is 0.507 e. The van der Waals surface area contributed by atoms with Gasteiger partial charge in [-0.2, -0.15) is 0 Å². The van der Waals surface area contributed by atoms with Crippen molar-refractivity contribution in [2.45, 2.75) is 25.6 Å². The van der Waals surface area contributed by atoms with E-state index in [2.05, 4.69) is 22.9 Å². The average molecular weight is 417 g/mol. The Hall–Kier alpha value is -1.82. The monoisotopic (exact) mass is 416 g/mol. The Morgan fingerprint density at radius 2 is 1.88 bits per heavy atom. The first-order valence-electron chi connectivity index (χ1n) is 8.86. The van der Waals surface area contributed by atoms with Gasteiger partial charge in [0, 0.05) is 26.0 Å². The van der Waals surface area contributed by atoms with Gasteiger partial charge >= 0.3 is 0 Å². The van der Waals surface area contributed by atoms with Gasteiger partial charge in [0.1, 0.15) is 24.2 Å². The third-order valence-electron chi connectivity index (χ3n) is 4.70. The van der Waals surface area contributed by atoms with Gasteiger partial charge in [-0.05, 0) is 24.6 Å². The number of phenols is 1. The minimum absolute atomic E-state index is 0.0114. The van der Waals surface area contributed by atoms with Crippen LogP contribution in [0.2, 0.25) is 0 Å². The minimum Gasteiger partial charge on any atom is -0.507 e. The molecule has 0 aromatic heterocycles. The lowest BCUT2D eigenvalue weighted by atomic mass is 10.0. The Morgan fingerprint density at radius 1 is 1.15 bits per heavy atom. The van der Waals surface area contributed by atoms with Crippen molar-refractivity contribution in [3.05, 3.63) is 46.9 Å². The molecule has 0 radical (unpaired) electrons. The lowest BCUT2D eigenvalue weighted by Crippen LogP contribution is -2.23. The van der Waals surface area contributed by atoms with Gasteiger partial charge in [-0.25, -0.2) is 0 Å². The Morgan fingerprint density at radius 3 is 2.62 bits per heavy atom. The van der Waals surface area contributed by atoms with Gasteiger partial charge < -0.3 is 19.3 Å². The van der Waals surface area contributed by atoms with Crippen molar-refractivity contribution >= 4 is 37.5 Å². The van der Waals surface area contributed by atoms with Crippen LogP contribution in [0.15, 0.2) is 46.9 Å². The van der Waals surface area contributed by atoms with Crippen LogP contribution in [0.4, 0.5) is 0 Å². The first-order chi connectivity index (χ1) is 12.7. The summed E-state index contributed by atoms with van der Waals surface area (Å²) in [4.78, 5) is 0. The van der Waals surface area contributed by atoms with Crippen LogP contribution >= 0.6 is 15.9 Å². The molecule has 0 bridgehead atoms. The van der Waals surface area contributed by atoms with Crippen molar-refractivity contribution in [1.29, 1.82) is 0 Å². The number of hydrogen-bond acceptors (Lipinski definition) is 4. The lowest BCUT2D eigenvalue weighted by molar-refractivity contribution is 0.0114. The van der Waals surface area contributed by atoms with Crippen LogP contribution in [0.5, 0.6) is 11.5 Å². The maximum atomic E-state index is 10.7. The molecule has 2 atom stereocenters. The maximum absolute atomic E-state index is 10.7. The SMILES string of the molecule is CCC(COc1c2ccccc2c(O)c2cc(Br)ccc12)OCC1CO1. The van der Waals surface area contributed by atoms with E-state index in [1.165, 1.54) is 0 Å². The summed E-state index contributed by atoms with van der Waals surface area (Å²) in [5.74, 6) is 1.06. The Balaban J connectivity index is 1.70. The van der Waals surface area contributed by atoms with Gasteiger partial charge in [-0.3, -0.25) is 0 Å². The molecule has 4 nitrogen and oxygen atoms in total. The molecule has 1 N–H and O–H groups in total. The highest BCUT2D eigenvalue weighted by atomic mass is 79.9. The van der Waals surface area contributed by atoms with Crippen LogP contribution < -0.4 is 4.74 Å². The summed E-state index contributed by atoms with van der Waals surface area (Å²) in [5, 5.41) is 14.1. The number of halogens is 1. The number of benzene rings is 3. The molecule has 4 rings (SSSR count). The molecule has 1 heterocycles.